The molecule has 0 saturated heterocycles. The summed E-state index contributed by atoms with van der Waals surface area (Å²) in [5, 5.41) is 10.4. The molecule has 5 heteroatoms. The molecule has 0 aliphatic carbocycles. The second-order valence-electron chi connectivity index (χ2n) is 4.55. The predicted molar refractivity (Wildman–Crippen MR) is 76.4 cm³/mol. The Morgan fingerprint density at radius 2 is 2.17 bits per heavy atom. The largest absolute Gasteiger partial charge is 0.391 e. The number of rotatable bonds is 8. The SMILES string of the molecule is CCCc1nc(N(CCOC)C(C)C)sc1CO. The zero-order valence-corrected chi connectivity index (χ0v) is 12.6. The molecule has 0 aliphatic rings. The highest BCUT2D eigenvalue weighted by molar-refractivity contribution is 7.15. The summed E-state index contributed by atoms with van der Waals surface area (Å²) >= 11 is 1.60. The van der Waals surface area contributed by atoms with E-state index in [0.29, 0.717) is 12.6 Å². The van der Waals surface area contributed by atoms with Crippen LogP contribution in [0.3, 0.4) is 0 Å². The van der Waals surface area contributed by atoms with Gasteiger partial charge in [-0.2, -0.15) is 0 Å². The van der Waals surface area contributed by atoms with Gasteiger partial charge in [-0.05, 0) is 20.3 Å². The molecule has 1 rings (SSSR count). The highest BCUT2D eigenvalue weighted by Crippen LogP contribution is 2.28. The first kappa shape index (κ1) is 15.4. The average Bonchev–Trinajstić information content (AvgIpc) is 2.73. The Morgan fingerprint density at radius 3 is 2.67 bits per heavy atom. The minimum absolute atomic E-state index is 0.0865. The van der Waals surface area contributed by atoms with Crippen molar-refractivity contribution in [2.75, 3.05) is 25.2 Å². The van der Waals surface area contributed by atoms with E-state index in [9.17, 15) is 5.11 Å². The lowest BCUT2D eigenvalue weighted by Gasteiger charge is -2.25. The quantitative estimate of drug-likeness (QED) is 0.789. The lowest BCUT2D eigenvalue weighted by Crippen LogP contribution is -2.33. The highest BCUT2D eigenvalue weighted by Gasteiger charge is 2.17. The minimum atomic E-state index is 0.0865. The number of hydrogen-bond acceptors (Lipinski definition) is 5. The van der Waals surface area contributed by atoms with Crippen molar-refractivity contribution in [1.29, 1.82) is 0 Å². The van der Waals surface area contributed by atoms with Gasteiger partial charge in [0.05, 0.1) is 23.8 Å². The van der Waals surface area contributed by atoms with Crippen LogP contribution < -0.4 is 4.90 Å². The van der Waals surface area contributed by atoms with Crippen molar-refractivity contribution < 1.29 is 9.84 Å². The van der Waals surface area contributed by atoms with Gasteiger partial charge in [0, 0.05) is 19.7 Å². The van der Waals surface area contributed by atoms with Crippen LogP contribution in [0.4, 0.5) is 5.13 Å². The Hall–Kier alpha value is -0.650. The Balaban J connectivity index is 2.90. The number of ether oxygens (including phenoxy) is 1. The lowest BCUT2D eigenvalue weighted by molar-refractivity contribution is 0.204. The summed E-state index contributed by atoms with van der Waals surface area (Å²) in [6, 6.07) is 0.382. The molecule has 4 nitrogen and oxygen atoms in total. The Kier molecular flexibility index (Phi) is 6.60. The Morgan fingerprint density at radius 1 is 1.44 bits per heavy atom. The van der Waals surface area contributed by atoms with E-state index in [2.05, 4.69) is 30.7 Å². The fourth-order valence-electron chi connectivity index (χ4n) is 1.81. The van der Waals surface area contributed by atoms with Gasteiger partial charge in [-0.3, -0.25) is 0 Å². The molecule has 0 saturated carbocycles. The van der Waals surface area contributed by atoms with E-state index in [0.717, 1.165) is 35.1 Å². The van der Waals surface area contributed by atoms with Crippen molar-refractivity contribution in [1.82, 2.24) is 4.98 Å². The van der Waals surface area contributed by atoms with Gasteiger partial charge < -0.3 is 14.7 Å². The van der Waals surface area contributed by atoms with Crippen LogP contribution in [0.25, 0.3) is 0 Å². The molecule has 0 unspecified atom stereocenters. The van der Waals surface area contributed by atoms with E-state index >= 15 is 0 Å². The maximum absolute atomic E-state index is 9.38. The van der Waals surface area contributed by atoms with Gasteiger partial charge in [-0.15, -0.1) is 0 Å². The third kappa shape index (κ3) is 3.93. The summed E-state index contributed by atoms with van der Waals surface area (Å²) in [7, 11) is 1.71. The molecule has 0 amide bonds. The minimum Gasteiger partial charge on any atom is -0.391 e. The number of anilines is 1. The van der Waals surface area contributed by atoms with Crippen molar-refractivity contribution >= 4 is 16.5 Å². The lowest BCUT2D eigenvalue weighted by atomic mass is 10.2. The molecule has 1 aromatic heterocycles. The normalized spacial score (nSPS) is 11.2. The van der Waals surface area contributed by atoms with Gasteiger partial charge in [0.15, 0.2) is 5.13 Å². The van der Waals surface area contributed by atoms with Crippen LogP contribution in [-0.2, 0) is 17.8 Å². The maximum atomic E-state index is 9.38. The summed E-state index contributed by atoms with van der Waals surface area (Å²) in [6.45, 7) is 8.03. The molecule has 0 atom stereocenters. The molecule has 1 heterocycles. The van der Waals surface area contributed by atoms with Crippen LogP contribution in [0.1, 0.15) is 37.8 Å². The first-order chi connectivity index (χ1) is 8.63. The molecule has 0 spiro atoms. The Labute approximate surface area is 114 Å². The van der Waals surface area contributed by atoms with Gasteiger partial charge in [-0.1, -0.05) is 24.7 Å². The molecule has 104 valence electrons. The fraction of sp³-hybridized carbons (Fsp3) is 0.769. The van der Waals surface area contributed by atoms with Crippen LogP contribution in [0, 0.1) is 0 Å². The van der Waals surface area contributed by atoms with Crippen molar-refractivity contribution in [3.63, 3.8) is 0 Å². The monoisotopic (exact) mass is 272 g/mol. The summed E-state index contributed by atoms with van der Waals surface area (Å²) in [5.41, 5.74) is 1.04. The molecular weight excluding hydrogens is 248 g/mol. The number of aryl methyl sites for hydroxylation is 1. The first-order valence-electron chi connectivity index (χ1n) is 6.49. The number of thiazole rings is 1. The van der Waals surface area contributed by atoms with Crippen LogP contribution >= 0.6 is 11.3 Å². The smallest absolute Gasteiger partial charge is 0.186 e. The van der Waals surface area contributed by atoms with Crippen molar-refractivity contribution in [3.05, 3.63) is 10.6 Å². The number of aliphatic hydroxyl groups is 1. The van der Waals surface area contributed by atoms with Crippen LogP contribution in [0.15, 0.2) is 0 Å². The number of nitrogens with zero attached hydrogens (tertiary/aromatic N) is 2. The molecule has 0 radical (unpaired) electrons. The standard InChI is InChI=1S/C13H24N2O2S/c1-5-6-11-12(9-16)18-13(14-11)15(10(2)3)7-8-17-4/h10,16H,5-9H2,1-4H3. The Bertz CT molecular complexity index is 353. The highest BCUT2D eigenvalue weighted by atomic mass is 32.1. The van der Waals surface area contributed by atoms with Gasteiger partial charge in [0.25, 0.3) is 0 Å². The van der Waals surface area contributed by atoms with Gasteiger partial charge >= 0.3 is 0 Å². The third-order valence-electron chi connectivity index (χ3n) is 2.80. The average molecular weight is 272 g/mol. The molecule has 0 bridgehead atoms. The van der Waals surface area contributed by atoms with E-state index in [1.54, 1.807) is 18.4 Å². The second kappa shape index (κ2) is 7.71. The molecule has 1 N–H and O–H groups in total. The van der Waals surface area contributed by atoms with Crippen molar-refractivity contribution in [2.24, 2.45) is 0 Å². The van der Waals surface area contributed by atoms with E-state index in [1.807, 2.05) is 0 Å². The zero-order valence-electron chi connectivity index (χ0n) is 11.8. The maximum Gasteiger partial charge on any atom is 0.186 e. The topological polar surface area (TPSA) is 45.6 Å². The van der Waals surface area contributed by atoms with Crippen molar-refractivity contribution in [3.8, 4) is 0 Å². The fourth-order valence-corrected chi connectivity index (χ4v) is 2.94. The number of aromatic nitrogens is 1. The van der Waals surface area contributed by atoms with E-state index in [4.69, 9.17) is 4.74 Å². The molecule has 1 aromatic rings. The number of hydrogen-bond donors (Lipinski definition) is 1. The predicted octanol–water partition coefficient (Wildman–Crippen LogP) is 2.45. The van der Waals surface area contributed by atoms with E-state index < -0.39 is 0 Å². The van der Waals surface area contributed by atoms with Crippen molar-refractivity contribution in [2.45, 2.75) is 46.3 Å². The molecular formula is C13H24N2O2S. The third-order valence-corrected chi connectivity index (χ3v) is 3.92. The second-order valence-corrected chi connectivity index (χ2v) is 5.62. The van der Waals surface area contributed by atoms with E-state index in [1.165, 1.54) is 0 Å². The molecule has 0 fully saturated rings. The molecule has 0 aromatic carbocycles. The van der Waals surface area contributed by atoms with E-state index in [-0.39, 0.29) is 6.61 Å². The van der Waals surface area contributed by atoms with Crippen LogP contribution in [0.5, 0.6) is 0 Å². The molecule has 18 heavy (non-hydrogen) atoms. The first-order valence-corrected chi connectivity index (χ1v) is 7.30. The summed E-state index contributed by atoms with van der Waals surface area (Å²) in [5.74, 6) is 0. The summed E-state index contributed by atoms with van der Waals surface area (Å²) in [4.78, 5) is 7.90. The van der Waals surface area contributed by atoms with Gasteiger partial charge in [-0.25, -0.2) is 4.98 Å². The van der Waals surface area contributed by atoms with Gasteiger partial charge in [0.2, 0.25) is 0 Å². The van der Waals surface area contributed by atoms with Crippen LogP contribution in [-0.4, -0.2) is 36.4 Å². The summed E-state index contributed by atoms with van der Waals surface area (Å²) < 4.78 is 5.14. The number of aliphatic hydroxyl groups excluding tert-OH is 1. The van der Waals surface area contributed by atoms with Crippen LogP contribution in [0.2, 0.25) is 0 Å². The number of methoxy groups -OCH3 is 1. The van der Waals surface area contributed by atoms with Gasteiger partial charge in [0.1, 0.15) is 0 Å². The zero-order chi connectivity index (χ0) is 13.5. The molecule has 0 aliphatic heterocycles. The summed E-state index contributed by atoms with van der Waals surface area (Å²) in [6.07, 6.45) is 1.98.